The number of carbonyl (C=O) groups is 1. The fourth-order valence-corrected chi connectivity index (χ4v) is 2.98. The lowest BCUT2D eigenvalue weighted by molar-refractivity contribution is 0.0709. The number of benzene rings is 1. The van der Waals surface area contributed by atoms with Gasteiger partial charge in [-0.3, -0.25) is 10.2 Å². The molecule has 24 heavy (non-hydrogen) atoms. The number of halogens is 3. The van der Waals surface area contributed by atoms with Crippen molar-refractivity contribution in [2.45, 2.75) is 26.5 Å². The van der Waals surface area contributed by atoms with Crippen molar-refractivity contribution in [1.82, 2.24) is 14.9 Å². The first-order valence-corrected chi connectivity index (χ1v) is 8.44. The Morgan fingerprint density at radius 3 is 2.58 bits per heavy atom. The monoisotopic (exact) mass is 390 g/mol. The van der Waals surface area contributed by atoms with Gasteiger partial charge in [-0.15, -0.1) is 0 Å². The number of anilines is 1. The van der Waals surface area contributed by atoms with Gasteiger partial charge < -0.3 is 9.72 Å². The van der Waals surface area contributed by atoms with E-state index < -0.39 is 6.23 Å². The van der Waals surface area contributed by atoms with Crippen LogP contribution in [-0.4, -0.2) is 33.7 Å². The Bertz CT molecular complexity index is 671. The number of carbonyl (C=O) groups excluding carboxylic acids is 1. The van der Waals surface area contributed by atoms with Crippen LogP contribution in [0.15, 0.2) is 24.5 Å². The minimum absolute atomic E-state index is 0.280. The molecule has 130 valence electrons. The largest absolute Gasteiger partial charge is 0.468 e. The average molecular weight is 392 g/mol. The quantitative estimate of drug-likeness (QED) is 0.678. The van der Waals surface area contributed by atoms with Crippen LogP contribution in [0, 0.1) is 0 Å². The Hall–Kier alpha value is -1.63. The first-order chi connectivity index (χ1) is 11.4. The number of hydrogen-bond acceptors (Lipinski definition) is 3. The number of amides is 2. The fraction of sp³-hybridized carbons (Fsp3) is 0.333. The van der Waals surface area contributed by atoms with E-state index in [0.717, 1.165) is 6.42 Å². The van der Waals surface area contributed by atoms with E-state index in [-0.39, 0.29) is 21.8 Å². The fourth-order valence-electron chi connectivity index (χ4n) is 2.07. The van der Waals surface area contributed by atoms with Crippen LogP contribution in [-0.2, 0) is 0 Å². The molecule has 1 aromatic carbocycles. The molecule has 0 radical (unpaired) electrons. The Labute approximate surface area is 155 Å². The molecule has 0 aliphatic rings. The second-order valence-corrected chi connectivity index (χ2v) is 6.23. The van der Waals surface area contributed by atoms with Crippen molar-refractivity contribution in [2.24, 2.45) is 0 Å². The predicted octanol–water partition coefficient (Wildman–Crippen LogP) is 5.04. The topological polar surface area (TPSA) is 70.2 Å². The summed E-state index contributed by atoms with van der Waals surface area (Å²) in [6.07, 6.45) is 3.32. The SMILES string of the molecule is CCCN(C(=O)Nc1ncc[nH]1)C(C)Oc1c(Cl)cc(Cl)cc1Cl. The lowest BCUT2D eigenvalue weighted by Gasteiger charge is -2.29. The molecular weight excluding hydrogens is 375 g/mol. The molecule has 9 heteroatoms. The number of H-pyrrole nitrogens is 1. The van der Waals surface area contributed by atoms with Crippen LogP contribution >= 0.6 is 34.8 Å². The lowest BCUT2D eigenvalue weighted by atomic mass is 10.3. The normalized spacial score (nSPS) is 11.9. The van der Waals surface area contributed by atoms with E-state index in [1.807, 2.05) is 6.92 Å². The van der Waals surface area contributed by atoms with Gasteiger partial charge in [0, 0.05) is 24.0 Å². The Kier molecular flexibility index (Phi) is 6.60. The summed E-state index contributed by atoms with van der Waals surface area (Å²) in [5.74, 6) is 0.637. The second-order valence-electron chi connectivity index (χ2n) is 4.98. The van der Waals surface area contributed by atoms with Crippen molar-refractivity contribution in [3.05, 3.63) is 39.6 Å². The van der Waals surface area contributed by atoms with E-state index in [1.54, 1.807) is 19.3 Å². The molecule has 0 fully saturated rings. The maximum absolute atomic E-state index is 12.4. The number of rotatable bonds is 6. The molecule has 1 unspecified atom stereocenters. The van der Waals surface area contributed by atoms with E-state index in [2.05, 4.69) is 15.3 Å². The van der Waals surface area contributed by atoms with Gasteiger partial charge in [-0.2, -0.15) is 0 Å². The van der Waals surface area contributed by atoms with Crippen LogP contribution < -0.4 is 10.1 Å². The number of nitrogens with one attached hydrogen (secondary N) is 2. The summed E-state index contributed by atoms with van der Waals surface area (Å²) in [4.78, 5) is 20.7. The molecule has 0 saturated heterocycles. The van der Waals surface area contributed by atoms with E-state index in [9.17, 15) is 4.79 Å². The average Bonchev–Trinajstić information content (AvgIpc) is 3.01. The van der Waals surface area contributed by atoms with E-state index in [1.165, 1.54) is 17.0 Å². The van der Waals surface area contributed by atoms with Gasteiger partial charge in [0.15, 0.2) is 12.0 Å². The third-order valence-corrected chi connectivity index (χ3v) is 3.92. The number of aromatic amines is 1. The van der Waals surface area contributed by atoms with Gasteiger partial charge in [0.1, 0.15) is 0 Å². The summed E-state index contributed by atoms with van der Waals surface area (Å²) in [5.41, 5.74) is 0. The summed E-state index contributed by atoms with van der Waals surface area (Å²) in [6, 6.07) is 2.72. The van der Waals surface area contributed by atoms with Gasteiger partial charge in [0.25, 0.3) is 0 Å². The standard InChI is InChI=1S/C15H17Cl3N4O2/c1-3-6-22(15(23)21-14-19-4-5-20-14)9(2)24-13-11(17)7-10(16)8-12(13)18/h4-5,7-9H,3,6H2,1-2H3,(H2,19,20,21,23). The van der Waals surface area contributed by atoms with E-state index in [4.69, 9.17) is 39.5 Å². The third kappa shape index (κ3) is 4.69. The van der Waals surface area contributed by atoms with Crippen molar-refractivity contribution in [3.8, 4) is 5.75 Å². The maximum atomic E-state index is 12.4. The van der Waals surface area contributed by atoms with Gasteiger partial charge in [-0.1, -0.05) is 41.7 Å². The van der Waals surface area contributed by atoms with Crippen molar-refractivity contribution >= 4 is 46.8 Å². The molecule has 2 amide bonds. The minimum atomic E-state index is -0.601. The van der Waals surface area contributed by atoms with Gasteiger partial charge in [0.2, 0.25) is 5.95 Å². The number of urea groups is 1. The van der Waals surface area contributed by atoms with Crippen LogP contribution in [0.3, 0.4) is 0 Å². The van der Waals surface area contributed by atoms with Crippen molar-refractivity contribution in [1.29, 1.82) is 0 Å². The highest BCUT2D eigenvalue weighted by Crippen LogP contribution is 2.36. The zero-order valence-electron chi connectivity index (χ0n) is 13.1. The number of nitrogens with zero attached hydrogens (tertiary/aromatic N) is 2. The summed E-state index contributed by atoms with van der Waals surface area (Å²) >= 11 is 18.1. The van der Waals surface area contributed by atoms with Crippen molar-refractivity contribution < 1.29 is 9.53 Å². The number of hydrogen-bond donors (Lipinski definition) is 2. The van der Waals surface area contributed by atoms with Gasteiger partial charge in [-0.05, 0) is 25.5 Å². The number of aromatic nitrogens is 2. The van der Waals surface area contributed by atoms with Crippen LogP contribution in [0.2, 0.25) is 15.1 Å². The summed E-state index contributed by atoms with van der Waals surface area (Å²) in [6.45, 7) is 4.18. The molecule has 0 spiro atoms. The zero-order chi connectivity index (χ0) is 17.7. The maximum Gasteiger partial charge on any atom is 0.327 e. The highest BCUT2D eigenvalue weighted by Gasteiger charge is 2.23. The van der Waals surface area contributed by atoms with Crippen molar-refractivity contribution in [2.75, 3.05) is 11.9 Å². The highest BCUT2D eigenvalue weighted by atomic mass is 35.5. The molecule has 0 aliphatic heterocycles. The zero-order valence-corrected chi connectivity index (χ0v) is 15.4. The summed E-state index contributed by atoms with van der Waals surface area (Å²) in [5, 5.41) is 3.63. The molecule has 1 heterocycles. The number of ether oxygens (including phenoxy) is 1. The van der Waals surface area contributed by atoms with Crippen molar-refractivity contribution in [3.63, 3.8) is 0 Å². The van der Waals surface area contributed by atoms with Crippen LogP contribution in [0.4, 0.5) is 10.7 Å². The predicted molar refractivity (Wildman–Crippen MR) is 96.2 cm³/mol. The molecular formula is C15H17Cl3N4O2. The first-order valence-electron chi connectivity index (χ1n) is 7.30. The first kappa shape index (κ1) is 18.7. The molecule has 6 nitrogen and oxygen atoms in total. The number of imidazole rings is 1. The molecule has 0 aliphatic carbocycles. The van der Waals surface area contributed by atoms with Gasteiger partial charge >= 0.3 is 6.03 Å². The smallest absolute Gasteiger partial charge is 0.327 e. The third-order valence-electron chi connectivity index (χ3n) is 3.14. The van der Waals surface area contributed by atoms with E-state index in [0.29, 0.717) is 17.5 Å². The summed E-state index contributed by atoms with van der Waals surface area (Å²) < 4.78 is 5.80. The summed E-state index contributed by atoms with van der Waals surface area (Å²) in [7, 11) is 0. The Balaban J connectivity index is 2.14. The molecule has 2 rings (SSSR count). The van der Waals surface area contributed by atoms with Crippen LogP contribution in [0.1, 0.15) is 20.3 Å². The second kappa shape index (κ2) is 8.46. The van der Waals surface area contributed by atoms with Crippen LogP contribution in [0.25, 0.3) is 0 Å². The molecule has 0 saturated carbocycles. The van der Waals surface area contributed by atoms with E-state index >= 15 is 0 Å². The minimum Gasteiger partial charge on any atom is -0.468 e. The Morgan fingerprint density at radius 1 is 1.38 bits per heavy atom. The molecule has 2 aromatic rings. The van der Waals surface area contributed by atoms with Gasteiger partial charge in [-0.25, -0.2) is 9.78 Å². The van der Waals surface area contributed by atoms with Crippen LogP contribution in [0.5, 0.6) is 5.75 Å². The van der Waals surface area contributed by atoms with Gasteiger partial charge in [0.05, 0.1) is 10.0 Å². The molecule has 1 atom stereocenters. The molecule has 2 N–H and O–H groups in total. The highest BCUT2D eigenvalue weighted by molar-refractivity contribution is 6.40. The lowest BCUT2D eigenvalue weighted by Crippen LogP contribution is -2.45. The Morgan fingerprint density at radius 2 is 2.04 bits per heavy atom. The molecule has 1 aromatic heterocycles. The molecule has 0 bridgehead atoms.